The van der Waals surface area contributed by atoms with E-state index < -0.39 is 6.29 Å². The van der Waals surface area contributed by atoms with Gasteiger partial charge in [-0.05, 0) is 0 Å². The Balaban J connectivity index is 2.11. The molecule has 0 amide bonds. The van der Waals surface area contributed by atoms with Gasteiger partial charge in [-0.1, -0.05) is 5.04 Å². The summed E-state index contributed by atoms with van der Waals surface area (Å²) in [6, 6.07) is 0. The van der Waals surface area contributed by atoms with Crippen LogP contribution in [-0.4, -0.2) is 54.4 Å². The molecule has 1 saturated heterocycles. The molecule has 1 aliphatic heterocycles. The molecule has 6 nitrogen and oxygen atoms in total. The fraction of sp³-hybridized carbons (Fsp3) is 1.00. The number of morpholine rings is 1. The number of hydrogen-bond acceptors (Lipinski definition) is 6. The van der Waals surface area contributed by atoms with E-state index >= 15 is 0 Å². The summed E-state index contributed by atoms with van der Waals surface area (Å²) in [4.78, 5) is 6.02. The molecule has 1 atom stereocenters. The molecule has 0 radical (unpaired) electrons. The van der Waals surface area contributed by atoms with Crippen LogP contribution in [-0.2, 0) is 14.7 Å². The van der Waals surface area contributed by atoms with E-state index in [9.17, 15) is 0 Å². The minimum Gasteiger partial charge on any atom is -0.379 e. The minimum atomic E-state index is -1.12. The zero-order chi connectivity index (χ0) is 8.81. The number of aliphatic hydroxyl groups is 1. The Kier molecular flexibility index (Phi) is 4.44. The minimum absolute atomic E-state index is 0.309. The molecule has 0 aromatic heterocycles. The summed E-state index contributed by atoms with van der Waals surface area (Å²) in [6.45, 7) is 3.14. The lowest BCUT2D eigenvalue weighted by Gasteiger charge is -2.27. The molecular weight excluding hydrogens is 166 g/mol. The predicted molar refractivity (Wildman–Crippen MR) is 38.1 cm³/mol. The number of rotatable bonds is 4. The monoisotopic (exact) mass is 179 g/mol. The molecule has 1 rings (SSSR count). The zero-order valence-corrected chi connectivity index (χ0v) is 6.68. The molecule has 1 fully saturated rings. The maximum atomic E-state index is 9.01. The van der Waals surface area contributed by atoms with Gasteiger partial charge in [-0.15, -0.1) is 0 Å². The van der Waals surface area contributed by atoms with E-state index in [1.807, 2.05) is 4.90 Å². The summed E-state index contributed by atoms with van der Waals surface area (Å²) >= 11 is 0. The molecule has 0 aliphatic carbocycles. The first-order valence-electron chi connectivity index (χ1n) is 3.78. The summed E-state index contributed by atoms with van der Waals surface area (Å²) in [5, 5.41) is 20.2. The van der Waals surface area contributed by atoms with Crippen LogP contribution >= 0.6 is 0 Å². The number of aliphatic hydroxyl groups excluding tert-OH is 1. The van der Waals surface area contributed by atoms with Crippen LogP contribution in [0.25, 0.3) is 0 Å². The highest BCUT2D eigenvalue weighted by Gasteiger charge is 2.15. The molecule has 1 heterocycles. The van der Waals surface area contributed by atoms with Crippen LogP contribution < -0.4 is 0 Å². The van der Waals surface area contributed by atoms with Crippen molar-refractivity contribution < 1.29 is 25.0 Å². The fourth-order valence-corrected chi connectivity index (χ4v) is 1.08. The van der Waals surface area contributed by atoms with Crippen molar-refractivity contribution in [2.24, 2.45) is 0 Å². The summed E-state index contributed by atoms with van der Waals surface area (Å²) < 4.78 is 5.10. The van der Waals surface area contributed by atoms with Crippen LogP contribution in [0.3, 0.4) is 0 Å². The third-order valence-electron chi connectivity index (χ3n) is 1.67. The Morgan fingerprint density at radius 3 is 2.67 bits per heavy atom. The highest BCUT2D eigenvalue weighted by molar-refractivity contribution is 4.61. The van der Waals surface area contributed by atoms with Gasteiger partial charge in [0.1, 0.15) is 0 Å². The summed E-state index contributed by atoms with van der Waals surface area (Å²) in [5.74, 6) is 0. The molecule has 1 aliphatic rings. The van der Waals surface area contributed by atoms with E-state index in [0.717, 1.165) is 13.1 Å². The first kappa shape index (κ1) is 9.85. The van der Waals surface area contributed by atoms with Crippen molar-refractivity contribution in [2.75, 3.05) is 32.8 Å². The van der Waals surface area contributed by atoms with Crippen molar-refractivity contribution in [3.8, 4) is 0 Å². The van der Waals surface area contributed by atoms with E-state index in [4.69, 9.17) is 15.1 Å². The molecule has 0 aromatic rings. The first-order chi connectivity index (χ1) is 5.83. The van der Waals surface area contributed by atoms with Crippen LogP contribution in [0.1, 0.15) is 0 Å². The fourth-order valence-electron chi connectivity index (χ4n) is 1.08. The Morgan fingerprint density at radius 2 is 2.08 bits per heavy atom. The second kappa shape index (κ2) is 5.41. The van der Waals surface area contributed by atoms with E-state index in [-0.39, 0.29) is 0 Å². The second-order valence-corrected chi connectivity index (χ2v) is 2.54. The van der Waals surface area contributed by atoms with Crippen LogP contribution in [0.2, 0.25) is 0 Å². The molecule has 6 heteroatoms. The van der Waals surface area contributed by atoms with Gasteiger partial charge in [0.05, 0.1) is 19.8 Å². The Hall–Kier alpha value is -0.240. The predicted octanol–water partition coefficient (Wildman–Crippen LogP) is -0.942. The molecule has 1 unspecified atom stereocenters. The van der Waals surface area contributed by atoms with E-state index in [2.05, 4.69) is 9.93 Å². The van der Waals surface area contributed by atoms with Gasteiger partial charge in [0.25, 0.3) is 0 Å². The summed E-state index contributed by atoms with van der Waals surface area (Å²) in [7, 11) is 0. The molecule has 2 N–H and O–H groups in total. The highest BCUT2D eigenvalue weighted by Crippen LogP contribution is 1.99. The second-order valence-electron chi connectivity index (χ2n) is 2.54. The number of β-amino-alcohol motifs (C(OH)–C–C–N with tert-alkyl or cyclic N) is 1. The Labute approximate surface area is 70.1 Å². The summed E-state index contributed by atoms with van der Waals surface area (Å²) in [6.07, 6.45) is -1.12. The molecule has 72 valence electrons. The highest BCUT2D eigenvalue weighted by atomic mass is 17.5. The van der Waals surface area contributed by atoms with Crippen molar-refractivity contribution in [3.63, 3.8) is 0 Å². The maximum absolute atomic E-state index is 9.01. The lowest BCUT2D eigenvalue weighted by atomic mass is 10.4. The normalized spacial score (nSPS) is 22.5. The average molecular weight is 179 g/mol. The SMILES string of the molecule is OOOC(O)CN1CCOCC1. The van der Waals surface area contributed by atoms with Crippen LogP contribution in [0.5, 0.6) is 0 Å². The van der Waals surface area contributed by atoms with Gasteiger partial charge in [-0.25, -0.2) is 5.26 Å². The number of ether oxygens (including phenoxy) is 1. The van der Waals surface area contributed by atoms with Crippen molar-refractivity contribution in [3.05, 3.63) is 0 Å². The molecular formula is C6H13NO5. The standard InChI is InChI=1S/C6H13NO5/c8-6(11-12-9)5-7-1-3-10-4-2-7/h6,8-9H,1-5H2. The van der Waals surface area contributed by atoms with Gasteiger partial charge in [-0.2, -0.15) is 4.89 Å². The van der Waals surface area contributed by atoms with Crippen LogP contribution in [0.4, 0.5) is 0 Å². The van der Waals surface area contributed by atoms with Gasteiger partial charge < -0.3 is 9.84 Å². The van der Waals surface area contributed by atoms with Gasteiger partial charge in [0.2, 0.25) is 6.29 Å². The smallest absolute Gasteiger partial charge is 0.204 e. The first-order valence-corrected chi connectivity index (χ1v) is 3.78. The quantitative estimate of drug-likeness (QED) is 0.329. The van der Waals surface area contributed by atoms with Gasteiger partial charge in [0.15, 0.2) is 0 Å². The molecule has 0 bridgehead atoms. The topological polar surface area (TPSA) is 71.4 Å². The lowest BCUT2D eigenvalue weighted by molar-refractivity contribution is -0.527. The molecule has 0 aromatic carbocycles. The largest absolute Gasteiger partial charge is 0.379 e. The van der Waals surface area contributed by atoms with Crippen LogP contribution in [0, 0.1) is 0 Å². The number of nitrogens with zero attached hydrogens (tertiary/aromatic N) is 1. The van der Waals surface area contributed by atoms with Crippen LogP contribution in [0.15, 0.2) is 0 Å². The third-order valence-corrected chi connectivity index (χ3v) is 1.67. The zero-order valence-electron chi connectivity index (χ0n) is 6.68. The summed E-state index contributed by atoms with van der Waals surface area (Å²) in [5.41, 5.74) is 0. The maximum Gasteiger partial charge on any atom is 0.204 e. The van der Waals surface area contributed by atoms with E-state index in [0.29, 0.717) is 19.8 Å². The van der Waals surface area contributed by atoms with Gasteiger partial charge >= 0.3 is 0 Å². The van der Waals surface area contributed by atoms with E-state index in [1.54, 1.807) is 0 Å². The molecule has 0 saturated carbocycles. The van der Waals surface area contributed by atoms with Crippen molar-refractivity contribution >= 4 is 0 Å². The molecule has 0 spiro atoms. The average Bonchev–Trinajstić information content (AvgIpc) is 2.06. The molecule has 12 heavy (non-hydrogen) atoms. The Bertz CT molecular complexity index is 117. The van der Waals surface area contributed by atoms with Gasteiger partial charge in [-0.3, -0.25) is 4.90 Å². The Morgan fingerprint density at radius 1 is 1.42 bits per heavy atom. The third kappa shape index (κ3) is 3.44. The van der Waals surface area contributed by atoms with Crippen molar-refractivity contribution in [1.29, 1.82) is 0 Å². The van der Waals surface area contributed by atoms with Crippen molar-refractivity contribution in [2.45, 2.75) is 6.29 Å². The van der Waals surface area contributed by atoms with E-state index in [1.165, 1.54) is 0 Å². The lowest BCUT2D eigenvalue weighted by Crippen LogP contribution is -2.41. The van der Waals surface area contributed by atoms with Crippen molar-refractivity contribution in [1.82, 2.24) is 4.90 Å². The number of hydrogen-bond donors (Lipinski definition) is 2. The van der Waals surface area contributed by atoms with Gasteiger partial charge in [0, 0.05) is 13.1 Å².